The number of aliphatic imine (C=N–C) groups is 1. The molecule has 0 radical (unpaired) electrons. The predicted octanol–water partition coefficient (Wildman–Crippen LogP) is 0.191. The van der Waals surface area contributed by atoms with Gasteiger partial charge in [0.1, 0.15) is 6.04 Å². The van der Waals surface area contributed by atoms with Crippen LogP contribution in [0.3, 0.4) is 0 Å². The first-order chi connectivity index (χ1) is 6.04. The number of carbonyl (C=O) groups excluding carboxylic acids is 2. The highest BCUT2D eigenvalue weighted by molar-refractivity contribution is 5.82. The third-order valence-corrected chi connectivity index (χ3v) is 1.77. The third kappa shape index (κ3) is 3.10. The summed E-state index contributed by atoms with van der Waals surface area (Å²) < 4.78 is 0. The fourth-order valence-corrected chi connectivity index (χ4v) is 0.732. The summed E-state index contributed by atoms with van der Waals surface area (Å²) in [5.41, 5.74) is 0. The van der Waals surface area contributed by atoms with E-state index in [0.29, 0.717) is 0 Å². The Morgan fingerprint density at radius 2 is 2.08 bits per heavy atom. The van der Waals surface area contributed by atoms with E-state index in [1.54, 1.807) is 14.0 Å². The summed E-state index contributed by atoms with van der Waals surface area (Å²) in [4.78, 5) is 25.9. The van der Waals surface area contributed by atoms with Crippen molar-refractivity contribution < 1.29 is 9.59 Å². The van der Waals surface area contributed by atoms with E-state index in [1.165, 1.54) is 17.9 Å². The SMILES string of the molecule is C#CC(C)N(C)C(=O)[C@H](C)N=C=O. The molecule has 0 saturated carbocycles. The van der Waals surface area contributed by atoms with Crippen molar-refractivity contribution in [2.45, 2.75) is 25.9 Å². The van der Waals surface area contributed by atoms with Crippen LogP contribution in [0.5, 0.6) is 0 Å². The number of rotatable bonds is 3. The quantitative estimate of drug-likeness (QED) is 0.353. The molecule has 0 aliphatic rings. The second-order valence-electron chi connectivity index (χ2n) is 2.69. The van der Waals surface area contributed by atoms with Gasteiger partial charge >= 0.3 is 0 Å². The summed E-state index contributed by atoms with van der Waals surface area (Å²) in [6.45, 7) is 3.24. The van der Waals surface area contributed by atoms with Crippen LogP contribution in [0, 0.1) is 12.3 Å². The van der Waals surface area contributed by atoms with E-state index in [4.69, 9.17) is 6.42 Å². The van der Waals surface area contributed by atoms with Crippen LogP contribution in [-0.4, -0.2) is 36.0 Å². The van der Waals surface area contributed by atoms with Gasteiger partial charge in [0.15, 0.2) is 0 Å². The summed E-state index contributed by atoms with van der Waals surface area (Å²) in [6, 6.07) is -1.00. The van der Waals surface area contributed by atoms with Crippen LogP contribution in [0.2, 0.25) is 0 Å². The summed E-state index contributed by atoms with van der Waals surface area (Å²) in [5.74, 6) is 2.12. The monoisotopic (exact) mass is 180 g/mol. The number of isocyanates is 1. The van der Waals surface area contributed by atoms with Gasteiger partial charge in [-0.25, -0.2) is 4.79 Å². The summed E-state index contributed by atoms with van der Waals surface area (Å²) >= 11 is 0. The number of likely N-dealkylation sites (N-methyl/N-ethyl adjacent to an activating group) is 1. The first-order valence-corrected chi connectivity index (χ1v) is 3.84. The van der Waals surface area contributed by atoms with Gasteiger partial charge in [0.05, 0.1) is 6.04 Å². The van der Waals surface area contributed by atoms with Crippen molar-refractivity contribution in [3.63, 3.8) is 0 Å². The fraction of sp³-hybridized carbons (Fsp3) is 0.556. The zero-order valence-corrected chi connectivity index (χ0v) is 7.94. The van der Waals surface area contributed by atoms with Gasteiger partial charge < -0.3 is 4.90 Å². The lowest BCUT2D eigenvalue weighted by atomic mass is 10.2. The minimum atomic E-state index is -0.710. The zero-order valence-electron chi connectivity index (χ0n) is 7.94. The van der Waals surface area contributed by atoms with E-state index >= 15 is 0 Å². The Labute approximate surface area is 77.6 Å². The average Bonchev–Trinajstić information content (AvgIpc) is 2.14. The molecule has 0 bridgehead atoms. The Morgan fingerprint density at radius 3 is 2.46 bits per heavy atom. The Kier molecular flexibility index (Phi) is 4.50. The minimum Gasteiger partial charge on any atom is -0.330 e. The van der Waals surface area contributed by atoms with Crippen LogP contribution in [0.4, 0.5) is 0 Å². The molecule has 0 N–H and O–H groups in total. The van der Waals surface area contributed by atoms with Gasteiger partial charge in [-0.15, -0.1) is 6.42 Å². The normalized spacial score (nSPS) is 13.4. The molecule has 4 heteroatoms. The van der Waals surface area contributed by atoms with Crippen molar-refractivity contribution in [1.29, 1.82) is 0 Å². The largest absolute Gasteiger partial charge is 0.330 e. The van der Waals surface area contributed by atoms with Gasteiger partial charge in [-0.2, -0.15) is 4.99 Å². The van der Waals surface area contributed by atoms with Crippen molar-refractivity contribution in [2.24, 2.45) is 4.99 Å². The van der Waals surface area contributed by atoms with Crippen molar-refractivity contribution >= 4 is 12.0 Å². The van der Waals surface area contributed by atoms with Gasteiger partial charge in [-0.05, 0) is 13.8 Å². The molecule has 4 nitrogen and oxygen atoms in total. The van der Waals surface area contributed by atoms with Crippen LogP contribution in [0.15, 0.2) is 4.99 Å². The van der Waals surface area contributed by atoms with Crippen molar-refractivity contribution in [2.75, 3.05) is 7.05 Å². The van der Waals surface area contributed by atoms with E-state index in [1.807, 2.05) is 0 Å². The van der Waals surface area contributed by atoms with Crippen LogP contribution >= 0.6 is 0 Å². The molecule has 70 valence electrons. The maximum atomic E-state index is 11.4. The van der Waals surface area contributed by atoms with Crippen LogP contribution in [-0.2, 0) is 9.59 Å². The predicted molar refractivity (Wildman–Crippen MR) is 48.6 cm³/mol. The molecule has 0 fully saturated rings. The van der Waals surface area contributed by atoms with Crippen molar-refractivity contribution in [1.82, 2.24) is 4.90 Å². The van der Waals surface area contributed by atoms with E-state index in [2.05, 4.69) is 10.9 Å². The molecule has 2 atom stereocenters. The third-order valence-electron chi connectivity index (χ3n) is 1.77. The van der Waals surface area contributed by atoms with Gasteiger partial charge in [0.25, 0.3) is 0 Å². The second-order valence-corrected chi connectivity index (χ2v) is 2.69. The summed E-state index contributed by atoms with van der Waals surface area (Å²) in [5, 5.41) is 0. The molecule has 1 amide bonds. The Hall–Kier alpha value is -1.59. The molecule has 0 aromatic heterocycles. The van der Waals surface area contributed by atoms with E-state index in [-0.39, 0.29) is 11.9 Å². The van der Waals surface area contributed by atoms with Crippen LogP contribution in [0.1, 0.15) is 13.8 Å². The van der Waals surface area contributed by atoms with Crippen LogP contribution < -0.4 is 0 Å². The molecule has 0 rings (SSSR count). The molecule has 0 aliphatic carbocycles. The lowest BCUT2D eigenvalue weighted by Gasteiger charge is -2.21. The molecule has 0 aromatic carbocycles. The smallest absolute Gasteiger partial charge is 0.248 e. The minimum absolute atomic E-state index is 0.284. The lowest BCUT2D eigenvalue weighted by molar-refractivity contribution is -0.131. The topological polar surface area (TPSA) is 49.7 Å². The summed E-state index contributed by atoms with van der Waals surface area (Å²) in [6.07, 6.45) is 6.47. The Bertz CT molecular complexity index is 274. The maximum Gasteiger partial charge on any atom is 0.248 e. The van der Waals surface area contributed by atoms with Crippen LogP contribution in [0.25, 0.3) is 0 Å². The number of terminal acetylenes is 1. The Morgan fingerprint density at radius 1 is 1.54 bits per heavy atom. The van der Waals surface area contributed by atoms with Crippen molar-refractivity contribution in [3.05, 3.63) is 0 Å². The number of carbonyl (C=O) groups is 1. The highest BCUT2D eigenvalue weighted by Crippen LogP contribution is 2.00. The average molecular weight is 180 g/mol. The number of hydrogen-bond acceptors (Lipinski definition) is 3. The summed E-state index contributed by atoms with van der Waals surface area (Å²) in [7, 11) is 1.57. The molecule has 0 heterocycles. The van der Waals surface area contributed by atoms with Gasteiger partial charge in [-0.3, -0.25) is 4.79 Å². The van der Waals surface area contributed by atoms with Gasteiger partial charge in [0.2, 0.25) is 12.0 Å². The molecule has 0 spiro atoms. The molecular formula is C9H12N2O2. The lowest BCUT2D eigenvalue weighted by Crippen LogP contribution is -2.39. The highest BCUT2D eigenvalue weighted by atomic mass is 16.2. The molecule has 1 unspecified atom stereocenters. The molecule has 0 aromatic rings. The number of nitrogens with zero attached hydrogens (tertiary/aromatic N) is 2. The maximum absolute atomic E-state index is 11.4. The highest BCUT2D eigenvalue weighted by Gasteiger charge is 2.19. The first-order valence-electron chi connectivity index (χ1n) is 3.84. The van der Waals surface area contributed by atoms with E-state index in [9.17, 15) is 9.59 Å². The Balaban J connectivity index is 4.44. The zero-order chi connectivity index (χ0) is 10.4. The van der Waals surface area contributed by atoms with Gasteiger partial charge in [-0.1, -0.05) is 5.92 Å². The molecule has 0 saturated heterocycles. The molecule has 0 aliphatic heterocycles. The second kappa shape index (κ2) is 5.13. The number of hydrogen-bond donors (Lipinski definition) is 0. The van der Waals surface area contributed by atoms with E-state index < -0.39 is 6.04 Å². The molecule has 13 heavy (non-hydrogen) atoms. The first kappa shape index (κ1) is 11.4. The number of amides is 1. The fourth-order valence-electron chi connectivity index (χ4n) is 0.732. The standard InChI is InChI=1S/C9H12N2O2/c1-5-7(2)11(4)9(13)8(3)10-6-12/h1,7-8H,2-4H3/t7?,8-/m0/s1. The van der Waals surface area contributed by atoms with E-state index in [0.717, 1.165) is 0 Å². The van der Waals surface area contributed by atoms with Gasteiger partial charge in [0, 0.05) is 7.05 Å². The van der Waals surface area contributed by atoms with Crippen molar-refractivity contribution in [3.8, 4) is 12.3 Å². The molecular weight excluding hydrogens is 168 g/mol.